The molecule has 0 N–H and O–H groups in total. The van der Waals surface area contributed by atoms with Gasteiger partial charge in [0.2, 0.25) is 0 Å². The van der Waals surface area contributed by atoms with Crippen LogP contribution in [0.3, 0.4) is 0 Å². The number of aryl methyl sites for hydroxylation is 1. The van der Waals surface area contributed by atoms with Gasteiger partial charge in [-0.15, -0.1) is 0 Å². The van der Waals surface area contributed by atoms with Crippen molar-refractivity contribution >= 4 is 27.1 Å². The predicted molar refractivity (Wildman–Crippen MR) is 119 cm³/mol. The van der Waals surface area contributed by atoms with Crippen molar-refractivity contribution in [2.75, 3.05) is 26.1 Å². The summed E-state index contributed by atoms with van der Waals surface area (Å²) in [6, 6.07) is 1.98. The van der Waals surface area contributed by atoms with E-state index < -0.39 is 10.1 Å². The SMILES string of the molecule is C=Cc1nn(C2CCCCO2)c2cnc(-c3cnn(C)c3COCCOS(C)(=O)=O)cc12. The van der Waals surface area contributed by atoms with Gasteiger partial charge in [-0.1, -0.05) is 6.58 Å². The second-order valence-electron chi connectivity index (χ2n) is 7.65. The molecular weight excluding hydrogens is 434 g/mol. The quantitative estimate of drug-likeness (QED) is 0.353. The number of hydrogen-bond acceptors (Lipinski definition) is 8. The summed E-state index contributed by atoms with van der Waals surface area (Å²) in [5.74, 6) is 0. The highest BCUT2D eigenvalue weighted by Gasteiger charge is 2.22. The van der Waals surface area contributed by atoms with E-state index in [1.165, 1.54) is 0 Å². The van der Waals surface area contributed by atoms with Gasteiger partial charge in [-0.2, -0.15) is 18.6 Å². The Morgan fingerprint density at radius 3 is 2.88 bits per heavy atom. The standard InChI is InChI=1S/C21H27N5O5S/c1-4-17-15-11-18(22-13-19(15)26(24-17)21-7-5-6-8-30-21)16-12-23-25(2)20(16)14-29-9-10-31-32(3,27)28/h4,11-13,21H,1,5-10,14H2,2-3H3. The maximum atomic E-state index is 11.1. The first-order valence-corrected chi connectivity index (χ1v) is 12.2. The molecule has 0 spiro atoms. The molecule has 3 aromatic heterocycles. The molecule has 3 aromatic rings. The van der Waals surface area contributed by atoms with Gasteiger partial charge in [-0.25, -0.2) is 4.68 Å². The van der Waals surface area contributed by atoms with E-state index in [-0.39, 0.29) is 26.0 Å². The number of nitrogens with zero attached hydrogens (tertiary/aromatic N) is 5. The van der Waals surface area contributed by atoms with Crippen LogP contribution in [0, 0.1) is 0 Å². The maximum Gasteiger partial charge on any atom is 0.264 e. The molecule has 1 aliphatic heterocycles. The van der Waals surface area contributed by atoms with Crippen molar-refractivity contribution in [2.24, 2.45) is 7.05 Å². The number of ether oxygens (including phenoxy) is 2. The Labute approximate surface area is 186 Å². The lowest BCUT2D eigenvalue weighted by Crippen LogP contribution is -2.19. The molecule has 1 unspecified atom stereocenters. The van der Waals surface area contributed by atoms with E-state index in [2.05, 4.69) is 16.7 Å². The highest BCUT2D eigenvalue weighted by molar-refractivity contribution is 7.85. The summed E-state index contributed by atoms with van der Waals surface area (Å²) < 4.78 is 41.9. The fourth-order valence-electron chi connectivity index (χ4n) is 3.76. The predicted octanol–water partition coefficient (Wildman–Crippen LogP) is 2.67. The molecule has 1 saturated heterocycles. The van der Waals surface area contributed by atoms with Crippen LogP contribution in [0.1, 0.15) is 36.9 Å². The maximum absolute atomic E-state index is 11.1. The Hall–Kier alpha value is -2.60. The Morgan fingerprint density at radius 1 is 1.31 bits per heavy atom. The van der Waals surface area contributed by atoms with E-state index >= 15 is 0 Å². The molecule has 1 atom stereocenters. The Kier molecular flexibility index (Phi) is 6.70. The summed E-state index contributed by atoms with van der Waals surface area (Å²) in [6.45, 7) is 4.98. The second-order valence-corrected chi connectivity index (χ2v) is 9.29. The minimum absolute atomic E-state index is 0.0403. The third-order valence-corrected chi connectivity index (χ3v) is 5.94. The van der Waals surface area contributed by atoms with Crippen LogP contribution in [0.15, 0.2) is 25.0 Å². The molecule has 0 radical (unpaired) electrons. The molecule has 0 saturated carbocycles. The number of pyridine rings is 1. The van der Waals surface area contributed by atoms with E-state index in [0.717, 1.165) is 65.7 Å². The smallest absolute Gasteiger partial charge is 0.264 e. The molecule has 0 bridgehead atoms. The van der Waals surface area contributed by atoms with Gasteiger partial charge in [0, 0.05) is 24.6 Å². The van der Waals surface area contributed by atoms with Crippen molar-refractivity contribution in [3.63, 3.8) is 0 Å². The van der Waals surface area contributed by atoms with Gasteiger partial charge < -0.3 is 9.47 Å². The number of hydrogen-bond donors (Lipinski definition) is 0. The molecule has 0 aromatic carbocycles. The minimum atomic E-state index is -3.48. The van der Waals surface area contributed by atoms with Crippen molar-refractivity contribution in [1.82, 2.24) is 24.5 Å². The first-order valence-electron chi connectivity index (χ1n) is 10.4. The van der Waals surface area contributed by atoms with Crippen LogP contribution in [-0.4, -0.2) is 59.0 Å². The van der Waals surface area contributed by atoms with Gasteiger partial charge in [0.15, 0.2) is 6.23 Å². The summed E-state index contributed by atoms with van der Waals surface area (Å²) >= 11 is 0. The molecular formula is C21H27N5O5S. The van der Waals surface area contributed by atoms with Crippen molar-refractivity contribution < 1.29 is 22.1 Å². The van der Waals surface area contributed by atoms with Gasteiger partial charge in [0.05, 0.1) is 61.1 Å². The van der Waals surface area contributed by atoms with Crippen LogP contribution in [0.4, 0.5) is 0 Å². The molecule has 11 heteroatoms. The van der Waals surface area contributed by atoms with Crippen LogP contribution in [0.2, 0.25) is 0 Å². The molecule has 4 rings (SSSR count). The Bertz CT molecular complexity index is 1210. The molecule has 1 aliphatic rings. The lowest BCUT2D eigenvalue weighted by Gasteiger charge is -2.23. The summed E-state index contributed by atoms with van der Waals surface area (Å²) in [6.07, 6.45) is 9.29. The molecule has 32 heavy (non-hydrogen) atoms. The molecule has 172 valence electrons. The van der Waals surface area contributed by atoms with Gasteiger partial charge >= 0.3 is 0 Å². The normalized spacial score (nSPS) is 17.1. The number of fused-ring (bicyclic) bond motifs is 1. The van der Waals surface area contributed by atoms with Crippen LogP contribution in [0.5, 0.6) is 0 Å². The highest BCUT2D eigenvalue weighted by Crippen LogP contribution is 2.31. The van der Waals surface area contributed by atoms with Crippen LogP contribution in [0.25, 0.3) is 28.2 Å². The van der Waals surface area contributed by atoms with Crippen LogP contribution in [-0.2, 0) is 37.4 Å². The van der Waals surface area contributed by atoms with Crippen molar-refractivity contribution in [1.29, 1.82) is 0 Å². The van der Waals surface area contributed by atoms with Gasteiger partial charge in [0.1, 0.15) is 0 Å². The van der Waals surface area contributed by atoms with Gasteiger partial charge in [0.25, 0.3) is 10.1 Å². The monoisotopic (exact) mass is 461 g/mol. The van der Waals surface area contributed by atoms with Gasteiger partial charge in [-0.05, 0) is 31.4 Å². The summed E-state index contributed by atoms with van der Waals surface area (Å²) in [5, 5.41) is 9.99. The summed E-state index contributed by atoms with van der Waals surface area (Å²) in [7, 11) is -1.66. The molecule has 0 aliphatic carbocycles. The second kappa shape index (κ2) is 9.49. The van der Waals surface area contributed by atoms with Crippen molar-refractivity contribution in [2.45, 2.75) is 32.1 Å². The lowest BCUT2D eigenvalue weighted by atomic mass is 10.1. The fraction of sp³-hybridized carbons (Fsp3) is 0.476. The zero-order valence-electron chi connectivity index (χ0n) is 18.2. The first kappa shape index (κ1) is 22.6. The van der Waals surface area contributed by atoms with Crippen LogP contribution < -0.4 is 0 Å². The van der Waals surface area contributed by atoms with Crippen LogP contribution >= 0.6 is 0 Å². The summed E-state index contributed by atoms with van der Waals surface area (Å²) in [5.41, 5.74) is 4.06. The minimum Gasteiger partial charge on any atom is -0.373 e. The molecule has 0 amide bonds. The zero-order chi connectivity index (χ0) is 22.7. The molecule has 10 nitrogen and oxygen atoms in total. The van der Waals surface area contributed by atoms with E-state index in [9.17, 15) is 8.42 Å². The topological polar surface area (TPSA) is 110 Å². The Balaban J connectivity index is 1.58. The molecule has 1 fully saturated rings. The van der Waals surface area contributed by atoms with Crippen molar-refractivity contribution in [3.05, 3.63) is 36.4 Å². The molecule has 4 heterocycles. The van der Waals surface area contributed by atoms with Crippen molar-refractivity contribution in [3.8, 4) is 11.3 Å². The first-order chi connectivity index (χ1) is 15.4. The third kappa shape index (κ3) is 4.90. The van der Waals surface area contributed by atoms with E-state index in [0.29, 0.717) is 0 Å². The van der Waals surface area contributed by atoms with E-state index in [1.54, 1.807) is 23.2 Å². The lowest BCUT2D eigenvalue weighted by molar-refractivity contribution is -0.0367. The van der Waals surface area contributed by atoms with E-state index in [1.807, 2.05) is 17.8 Å². The third-order valence-electron chi connectivity index (χ3n) is 5.34. The number of rotatable bonds is 9. The average Bonchev–Trinajstić information content (AvgIpc) is 3.33. The fourth-order valence-corrected chi connectivity index (χ4v) is 4.13. The van der Waals surface area contributed by atoms with E-state index in [4.69, 9.17) is 18.8 Å². The van der Waals surface area contributed by atoms with Gasteiger partial charge in [-0.3, -0.25) is 13.8 Å². The zero-order valence-corrected chi connectivity index (χ0v) is 19.0. The average molecular weight is 462 g/mol. The summed E-state index contributed by atoms with van der Waals surface area (Å²) in [4.78, 5) is 4.67. The largest absolute Gasteiger partial charge is 0.373 e. The Morgan fingerprint density at radius 2 is 2.16 bits per heavy atom. The number of aromatic nitrogens is 5. The highest BCUT2D eigenvalue weighted by atomic mass is 32.2.